The second-order valence-corrected chi connectivity index (χ2v) is 7.71. The number of amides is 1. The molecule has 10 heteroatoms. The molecule has 25 heavy (non-hydrogen) atoms. The summed E-state index contributed by atoms with van der Waals surface area (Å²) < 4.78 is 62.5. The smallest absolute Gasteiger partial charge is 0.371 e. The second-order valence-electron chi connectivity index (χ2n) is 6.18. The third-order valence-corrected chi connectivity index (χ3v) is 5.23. The van der Waals surface area contributed by atoms with Crippen LogP contribution in [0.25, 0.3) is 0 Å². The van der Waals surface area contributed by atoms with Crippen molar-refractivity contribution in [3.63, 3.8) is 0 Å². The Morgan fingerprint density at radius 1 is 1.32 bits per heavy atom. The zero-order chi connectivity index (χ0) is 18.8. The number of hydrogen-bond acceptors (Lipinski definition) is 4. The van der Waals surface area contributed by atoms with Gasteiger partial charge in [-0.25, -0.2) is 13.6 Å². The molecule has 1 aliphatic heterocycles. The Bertz CT molecular complexity index is 750. The van der Waals surface area contributed by atoms with Crippen LogP contribution < -0.4 is 15.8 Å². The van der Waals surface area contributed by atoms with Gasteiger partial charge in [0.2, 0.25) is 15.9 Å². The summed E-state index contributed by atoms with van der Waals surface area (Å²) in [7, 11) is -4.48. The molecule has 1 unspecified atom stereocenters. The van der Waals surface area contributed by atoms with E-state index in [1.165, 1.54) is 6.07 Å². The van der Waals surface area contributed by atoms with Crippen LogP contribution in [0.15, 0.2) is 23.1 Å². The van der Waals surface area contributed by atoms with Crippen molar-refractivity contribution in [3.8, 4) is 0 Å². The molecule has 0 bridgehead atoms. The van der Waals surface area contributed by atoms with Crippen molar-refractivity contribution in [2.45, 2.75) is 36.8 Å². The summed E-state index contributed by atoms with van der Waals surface area (Å²) in [5, 5.41) is 4.89. The van der Waals surface area contributed by atoms with Crippen LogP contribution in [0.5, 0.6) is 0 Å². The van der Waals surface area contributed by atoms with E-state index < -0.39 is 32.6 Å². The second kappa shape index (κ2) is 7.20. The van der Waals surface area contributed by atoms with E-state index in [0.29, 0.717) is 19.5 Å². The fourth-order valence-corrected chi connectivity index (χ4v) is 3.80. The van der Waals surface area contributed by atoms with Crippen molar-refractivity contribution < 1.29 is 26.4 Å². The largest absolute Gasteiger partial charge is 0.417 e. The number of hydrogen-bond donors (Lipinski definition) is 2. The van der Waals surface area contributed by atoms with Crippen LogP contribution in [0, 0.1) is 5.92 Å². The van der Waals surface area contributed by atoms with Crippen molar-refractivity contribution in [1.29, 1.82) is 0 Å². The van der Waals surface area contributed by atoms with Gasteiger partial charge in [0.15, 0.2) is 0 Å². The standard InChI is InChI=1S/C15H20F3N3O3S/c16-15(17,18)12-8-11(4-5-13(12)25(20,23)24)21-7-1-2-10(9-21)3-6-14(19)22/h4-5,8,10H,1-3,6-7,9H2,(H2,19,22)(H2,20,23,24). The maximum absolute atomic E-state index is 13.2. The molecule has 140 valence electrons. The Morgan fingerprint density at radius 3 is 2.56 bits per heavy atom. The van der Waals surface area contributed by atoms with Gasteiger partial charge in [-0.15, -0.1) is 0 Å². The summed E-state index contributed by atoms with van der Waals surface area (Å²) in [4.78, 5) is 11.7. The highest BCUT2D eigenvalue weighted by molar-refractivity contribution is 7.89. The Kier molecular flexibility index (Phi) is 5.62. The van der Waals surface area contributed by atoms with Crippen LogP contribution in [0.3, 0.4) is 0 Å². The molecule has 0 saturated carbocycles. The van der Waals surface area contributed by atoms with Crippen molar-refractivity contribution in [2.24, 2.45) is 16.8 Å². The van der Waals surface area contributed by atoms with Gasteiger partial charge in [0.1, 0.15) is 0 Å². The van der Waals surface area contributed by atoms with E-state index in [4.69, 9.17) is 10.9 Å². The number of carbonyl (C=O) groups is 1. The summed E-state index contributed by atoms with van der Waals surface area (Å²) in [6, 6.07) is 3.03. The van der Waals surface area contributed by atoms with Gasteiger partial charge in [-0.2, -0.15) is 13.2 Å². The van der Waals surface area contributed by atoms with Gasteiger partial charge >= 0.3 is 6.18 Å². The number of carbonyl (C=O) groups excluding carboxylic acids is 1. The van der Waals surface area contributed by atoms with E-state index >= 15 is 0 Å². The van der Waals surface area contributed by atoms with Crippen LogP contribution in [-0.4, -0.2) is 27.4 Å². The molecule has 4 N–H and O–H groups in total. The molecule has 1 amide bonds. The number of halogens is 3. The lowest BCUT2D eigenvalue weighted by molar-refractivity contribution is -0.139. The zero-order valence-electron chi connectivity index (χ0n) is 13.4. The highest BCUT2D eigenvalue weighted by atomic mass is 32.2. The van der Waals surface area contributed by atoms with E-state index in [0.717, 1.165) is 25.0 Å². The third kappa shape index (κ3) is 5.08. The number of sulfonamides is 1. The number of anilines is 1. The molecular weight excluding hydrogens is 359 g/mol. The number of primary sulfonamides is 1. The summed E-state index contributed by atoms with van der Waals surface area (Å²) in [6.45, 7) is 1.04. The molecule has 1 aliphatic rings. The molecular formula is C15H20F3N3O3S. The molecule has 6 nitrogen and oxygen atoms in total. The summed E-state index contributed by atoms with van der Waals surface area (Å²) >= 11 is 0. The molecule has 0 spiro atoms. The molecule has 1 aromatic carbocycles. The quantitative estimate of drug-likeness (QED) is 0.814. The number of nitrogens with zero attached hydrogens (tertiary/aromatic N) is 1. The minimum absolute atomic E-state index is 0.147. The fraction of sp³-hybridized carbons (Fsp3) is 0.533. The first-order chi connectivity index (χ1) is 11.5. The number of rotatable bonds is 5. The molecule has 2 rings (SSSR count). The van der Waals surface area contributed by atoms with Crippen molar-refractivity contribution in [1.82, 2.24) is 0 Å². The normalized spacial score (nSPS) is 19.0. The van der Waals surface area contributed by atoms with Crippen LogP contribution in [0.1, 0.15) is 31.2 Å². The van der Waals surface area contributed by atoms with Crippen LogP contribution >= 0.6 is 0 Å². The predicted octanol–water partition coefficient (Wildman–Crippen LogP) is 1.83. The minimum Gasteiger partial charge on any atom is -0.371 e. The average molecular weight is 379 g/mol. The summed E-state index contributed by atoms with van der Waals surface area (Å²) in [5.41, 5.74) is 4.14. The lowest BCUT2D eigenvalue weighted by Gasteiger charge is -2.35. The van der Waals surface area contributed by atoms with Gasteiger partial charge in [0.05, 0.1) is 10.5 Å². The third-order valence-electron chi connectivity index (χ3n) is 4.26. The lowest BCUT2D eigenvalue weighted by atomic mass is 9.93. The Balaban J connectivity index is 2.29. The first-order valence-corrected chi connectivity index (χ1v) is 9.30. The molecule has 0 radical (unpaired) electrons. The Hall–Kier alpha value is -1.81. The van der Waals surface area contributed by atoms with E-state index in [9.17, 15) is 26.4 Å². The molecule has 1 heterocycles. The van der Waals surface area contributed by atoms with Gasteiger partial charge in [0, 0.05) is 25.2 Å². The number of nitrogens with two attached hydrogens (primary N) is 2. The fourth-order valence-electron chi connectivity index (χ4n) is 3.07. The molecule has 1 fully saturated rings. The Morgan fingerprint density at radius 2 is 2.00 bits per heavy atom. The van der Waals surface area contributed by atoms with E-state index in [2.05, 4.69) is 0 Å². The van der Waals surface area contributed by atoms with E-state index in [1.807, 2.05) is 0 Å². The van der Waals surface area contributed by atoms with Gasteiger partial charge in [-0.1, -0.05) is 0 Å². The monoisotopic (exact) mass is 379 g/mol. The zero-order valence-corrected chi connectivity index (χ0v) is 14.2. The molecule has 0 aliphatic carbocycles. The van der Waals surface area contributed by atoms with Gasteiger partial charge in [-0.05, 0) is 43.4 Å². The molecule has 1 saturated heterocycles. The van der Waals surface area contributed by atoms with Crippen molar-refractivity contribution in [3.05, 3.63) is 23.8 Å². The highest BCUT2D eigenvalue weighted by Gasteiger charge is 2.37. The van der Waals surface area contributed by atoms with Crippen LogP contribution in [0.2, 0.25) is 0 Å². The van der Waals surface area contributed by atoms with E-state index in [-0.39, 0.29) is 18.0 Å². The maximum Gasteiger partial charge on any atom is 0.417 e. The first-order valence-electron chi connectivity index (χ1n) is 7.76. The SMILES string of the molecule is NC(=O)CCC1CCCN(c2ccc(S(N)(=O)=O)c(C(F)(F)F)c2)C1. The number of benzene rings is 1. The van der Waals surface area contributed by atoms with Gasteiger partial charge in [0.25, 0.3) is 0 Å². The minimum atomic E-state index is -4.83. The van der Waals surface area contributed by atoms with Crippen molar-refractivity contribution >= 4 is 21.6 Å². The molecule has 1 aromatic rings. The number of primary amides is 1. The highest BCUT2D eigenvalue weighted by Crippen LogP contribution is 2.37. The maximum atomic E-state index is 13.2. The lowest BCUT2D eigenvalue weighted by Crippen LogP contribution is -2.36. The van der Waals surface area contributed by atoms with Crippen molar-refractivity contribution in [2.75, 3.05) is 18.0 Å². The Labute approximate surface area is 144 Å². The van der Waals surface area contributed by atoms with Gasteiger partial charge in [-0.3, -0.25) is 4.79 Å². The van der Waals surface area contributed by atoms with Crippen LogP contribution in [-0.2, 0) is 21.0 Å². The number of piperidine rings is 1. The molecule has 0 aromatic heterocycles. The van der Waals surface area contributed by atoms with Gasteiger partial charge < -0.3 is 10.6 Å². The topological polar surface area (TPSA) is 106 Å². The number of alkyl halides is 3. The summed E-state index contributed by atoms with van der Waals surface area (Å²) in [5.74, 6) is -0.262. The first kappa shape index (κ1) is 19.5. The average Bonchev–Trinajstić information content (AvgIpc) is 2.51. The summed E-state index contributed by atoms with van der Waals surface area (Å²) in [6.07, 6.45) is -2.39. The van der Waals surface area contributed by atoms with E-state index in [1.54, 1.807) is 4.90 Å². The molecule has 1 atom stereocenters. The predicted molar refractivity (Wildman–Crippen MR) is 86.2 cm³/mol. The van der Waals surface area contributed by atoms with Crippen LogP contribution in [0.4, 0.5) is 18.9 Å².